The zero-order valence-electron chi connectivity index (χ0n) is 7.93. The van der Waals surface area contributed by atoms with Gasteiger partial charge >= 0.3 is 5.97 Å². The van der Waals surface area contributed by atoms with Gasteiger partial charge in [0.05, 0.1) is 11.2 Å². The fourth-order valence-electron chi connectivity index (χ4n) is 2.16. The van der Waals surface area contributed by atoms with E-state index in [0.717, 1.165) is 0 Å². The highest BCUT2D eigenvalue weighted by atomic mass is 32.2. The van der Waals surface area contributed by atoms with Crippen molar-refractivity contribution >= 4 is 16.0 Å². The number of carboxylic acids is 1. The molecule has 0 bridgehead atoms. The van der Waals surface area contributed by atoms with Crippen LogP contribution in [0.2, 0.25) is 0 Å². The molecule has 1 saturated heterocycles. The zero-order valence-corrected chi connectivity index (χ0v) is 8.75. The summed E-state index contributed by atoms with van der Waals surface area (Å²) in [5.41, 5.74) is -0.748. The molecule has 1 saturated carbocycles. The maximum Gasteiger partial charge on any atom is 0.311 e. The first-order chi connectivity index (χ1) is 6.42. The summed E-state index contributed by atoms with van der Waals surface area (Å²) >= 11 is 0. The monoisotopic (exact) mass is 219 g/mol. The molecule has 2 atom stereocenters. The van der Waals surface area contributed by atoms with Crippen LogP contribution >= 0.6 is 0 Å². The van der Waals surface area contributed by atoms with Crippen LogP contribution < -0.4 is 0 Å². The topological polar surface area (TPSA) is 74.7 Å². The fraction of sp³-hybridized carbons (Fsp3) is 0.875. The van der Waals surface area contributed by atoms with Crippen molar-refractivity contribution in [3.8, 4) is 0 Å². The van der Waals surface area contributed by atoms with Crippen molar-refractivity contribution in [2.24, 2.45) is 11.3 Å². The van der Waals surface area contributed by atoms with Crippen LogP contribution in [0.25, 0.3) is 0 Å². The molecule has 0 spiro atoms. The smallest absolute Gasteiger partial charge is 0.311 e. The van der Waals surface area contributed by atoms with Gasteiger partial charge < -0.3 is 5.11 Å². The molecule has 6 heteroatoms. The number of piperidine rings is 1. The van der Waals surface area contributed by atoms with Crippen molar-refractivity contribution in [2.45, 2.75) is 13.3 Å². The number of hydrogen-bond acceptors (Lipinski definition) is 3. The minimum Gasteiger partial charge on any atom is -0.481 e. The first kappa shape index (κ1) is 9.92. The van der Waals surface area contributed by atoms with Crippen molar-refractivity contribution in [2.75, 3.05) is 18.8 Å². The van der Waals surface area contributed by atoms with Crippen LogP contribution in [0, 0.1) is 11.3 Å². The average Bonchev–Trinajstić information content (AvgIpc) is 2.70. The first-order valence-electron chi connectivity index (χ1n) is 4.63. The van der Waals surface area contributed by atoms with E-state index >= 15 is 0 Å². The SMILES string of the molecule is CCS(=O)(=O)N1CC2CC2(C(=O)O)C1. The fourth-order valence-corrected chi connectivity index (χ4v) is 3.36. The predicted molar refractivity (Wildman–Crippen MR) is 49.2 cm³/mol. The Morgan fingerprint density at radius 1 is 1.64 bits per heavy atom. The third kappa shape index (κ3) is 1.17. The summed E-state index contributed by atoms with van der Waals surface area (Å²) in [4.78, 5) is 10.9. The Morgan fingerprint density at radius 3 is 2.71 bits per heavy atom. The first-order valence-corrected chi connectivity index (χ1v) is 6.24. The van der Waals surface area contributed by atoms with E-state index in [-0.39, 0.29) is 18.2 Å². The molecule has 0 aromatic carbocycles. The predicted octanol–water partition coefficient (Wildman–Crippen LogP) is -0.257. The largest absolute Gasteiger partial charge is 0.481 e. The Labute approximate surface area is 82.8 Å². The summed E-state index contributed by atoms with van der Waals surface area (Å²) in [5.74, 6) is -0.757. The van der Waals surface area contributed by atoms with Crippen LogP contribution in [-0.2, 0) is 14.8 Å². The van der Waals surface area contributed by atoms with Crippen LogP contribution in [0.15, 0.2) is 0 Å². The van der Waals surface area contributed by atoms with Gasteiger partial charge in [-0.2, -0.15) is 0 Å². The number of carboxylic acid groups (broad SMARTS) is 1. The summed E-state index contributed by atoms with van der Waals surface area (Å²) in [6.07, 6.45) is 0.637. The van der Waals surface area contributed by atoms with Gasteiger partial charge in [0.15, 0.2) is 0 Å². The molecule has 80 valence electrons. The number of fused-ring (bicyclic) bond motifs is 1. The molecule has 0 aromatic rings. The van der Waals surface area contributed by atoms with Crippen molar-refractivity contribution in [1.82, 2.24) is 4.31 Å². The minimum atomic E-state index is -3.20. The lowest BCUT2D eigenvalue weighted by Gasteiger charge is -2.17. The Balaban J connectivity index is 2.15. The highest BCUT2D eigenvalue weighted by Gasteiger charge is 2.66. The zero-order chi connectivity index (χ0) is 10.6. The van der Waals surface area contributed by atoms with E-state index in [1.165, 1.54) is 4.31 Å². The lowest BCUT2D eigenvalue weighted by Crippen LogP contribution is -2.34. The highest BCUT2D eigenvalue weighted by Crippen LogP contribution is 2.58. The van der Waals surface area contributed by atoms with Crippen molar-refractivity contribution in [1.29, 1.82) is 0 Å². The molecule has 0 radical (unpaired) electrons. The van der Waals surface area contributed by atoms with E-state index in [2.05, 4.69) is 0 Å². The normalized spacial score (nSPS) is 36.8. The third-order valence-corrected chi connectivity index (χ3v) is 5.09. The quantitative estimate of drug-likeness (QED) is 0.709. The van der Waals surface area contributed by atoms with Crippen molar-refractivity contribution in [3.05, 3.63) is 0 Å². The van der Waals surface area contributed by atoms with Gasteiger partial charge in [0.2, 0.25) is 10.0 Å². The number of aliphatic carboxylic acids is 1. The van der Waals surface area contributed by atoms with E-state index in [1.54, 1.807) is 6.92 Å². The Bertz CT molecular complexity index is 377. The van der Waals surface area contributed by atoms with Gasteiger partial charge in [-0.15, -0.1) is 0 Å². The standard InChI is InChI=1S/C8H13NO4S/c1-2-14(12,13)9-4-6-3-8(6,5-9)7(10)11/h6H,2-5H2,1H3,(H,10,11). The van der Waals surface area contributed by atoms with E-state index in [4.69, 9.17) is 5.11 Å². The molecule has 2 rings (SSSR count). The summed E-state index contributed by atoms with van der Waals surface area (Å²) in [6, 6.07) is 0. The molecular weight excluding hydrogens is 206 g/mol. The van der Waals surface area contributed by atoms with E-state index in [9.17, 15) is 13.2 Å². The van der Waals surface area contributed by atoms with Gasteiger partial charge in [0.1, 0.15) is 0 Å². The Hall–Kier alpha value is -0.620. The van der Waals surface area contributed by atoms with Gasteiger partial charge in [-0.25, -0.2) is 12.7 Å². The second kappa shape index (κ2) is 2.70. The molecule has 2 unspecified atom stereocenters. The van der Waals surface area contributed by atoms with Crippen molar-refractivity contribution in [3.63, 3.8) is 0 Å². The maximum absolute atomic E-state index is 11.5. The maximum atomic E-state index is 11.5. The Morgan fingerprint density at radius 2 is 2.29 bits per heavy atom. The molecule has 1 aliphatic carbocycles. The van der Waals surface area contributed by atoms with Gasteiger partial charge in [-0.3, -0.25) is 4.79 Å². The molecule has 5 nitrogen and oxygen atoms in total. The number of rotatable bonds is 3. The van der Waals surface area contributed by atoms with Crippen LogP contribution in [0.1, 0.15) is 13.3 Å². The van der Waals surface area contributed by atoms with Gasteiger partial charge in [0.25, 0.3) is 0 Å². The van der Waals surface area contributed by atoms with Crippen LogP contribution in [0.3, 0.4) is 0 Å². The van der Waals surface area contributed by atoms with Gasteiger partial charge in [0, 0.05) is 13.1 Å². The third-order valence-electron chi connectivity index (χ3n) is 3.30. The molecule has 0 aromatic heterocycles. The molecule has 14 heavy (non-hydrogen) atoms. The number of sulfonamides is 1. The molecule has 2 fully saturated rings. The van der Waals surface area contributed by atoms with Gasteiger partial charge in [-0.05, 0) is 19.3 Å². The summed E-state index contributed by atoms with van der Waals surface area (Å²) in [6.45, 7) is 2.14. The number of nitrogens with zero attached hydrogens (tertiary/aromatic N) is 1. The summed E-state index contributed by atoms with van der Waals surface area (Å²) in [5, 5.41) is 8.95. The van der Waals surface area contributed by atoms with E-state index in [0.29, 0.717) is 13.0 Å². The van der Waals surface area contributed by atoms with E-state index < -0.39 is 21.4 Å². The average molecular weight is 219 g/mol. The van der Waals surface area contributed by atoms with Crippen LogP contribution in [0.5, 0.6) is 0 Å². The van der Waals surface area contributed by atoms with E-state index in [1.807, 2.05) is 0 Å². The summed E-state index contributed by atoms with van der Waals surface area (Å²) < 4.78 is 24.2. The molecule has 1 heterocycles. The van der Waals surface area contributed by atoms with Crippen LogP contribution in [-0.4, -0.2) is 42.6 Å². The summed E-state index contributed by atoms with van der Waals surface area (Å²) in [7, 11) is -3.20. The molecule has 2 aliphatic rings. The lowest BCUT2D eigenvalue weighted by molar-refractivity contribution is -0.143. The molecule has 1 aliphatic heterocycles. The lowest BCUT2D eigenvalue weighted by atomic mass is 10.1. The highest BCUT2D eigenvalue weighted by molar-refractivity contribution is 7.89. The van der Waals surface area contributed by atoms with Gasteiger partial charge in [-0.1, -0.05) is 0 Å². The second-order valence-electron chi connectivity index (χ2n) is 4.06. The molecular formula is C8H13NO4S. The molecule has 1 N–H and O–H groups in total. The molecule has 0 amide bonds. The van der Waals surface area contributed by atoms with Crippen molar-refractivity contribution < 1.29 is 18.3 Å². The van der Waals surface area contributed by atoms with Crippen LogP contribution in [0.4, 0.5) is 0 Å². The minimum absolute atomic E-state index is 0.0429. The second-order valence-corrected chi connectivity index (χ2v) is 6.31. The number of carbonyl (C=O) groups is 1. The number of hydrogen-bond donors (Lipinski definition) is 1. The Kier molecular flexibility index (Phi) is 1.91.